The van der Waals surface area contributed by atoms with Crippen LogP contribution in [0.3, 0.4) is 0 Å². The summed E-state index contributed by atoms with van der Waals surface area (Å²) < 4.78 is 95.3. The molecule has 3 atom stereocenters. The first-order valence-electron chi connectivity index (χ1n) is 40.9. The molecule has 1 unspecified atom stereocenters. The van der Waals surface area contributed by atoms with Crippen molar-refractivity contribution in [2.24, 2.45) is 16.2 Å². The average Bonchev–Trinajstić information content (AvgIpc) is 1.45. The van der Waals surface area contributed by atoms with Crippen molar-refractivity contribution in [3.63, 3.8) is 0 Å². The molecule has 0 radical (unpaired) electrons. The second-order valence-corrected chi connectivity index (χ2v) is 33.8. The van der Waals surface area contributed by atoms with E-state index in [4.69, 9.17) is 0 Å². The van der Waals surface area contributed by atoms with E-state index in [-0.39, 0.29) is 87.7 Å². The Bertz CT molecular complexity index is 5050. The molecule has 3 aromatic carbocycles. The number of fused-ring (bicyclic) bond motifs is 3. The van der Waals surface area contributed by atoms with Crippen LogP contribution in [0.1, 0.15) is 171 Å². The number of piperidine rings is 3. The van der Waals surface area contributed by atoms with Crippen molar-refractivity contribution in [3.8, 4) is 33.8 Å². The number of anilines is 6. The molecule has 6 N–H and O–H groups in total. The Balaban J connectivity index is 0.000000131. The first kappa shape index (κ1) is 80.3. The predicted octanol–water partition coefficient (Wildman–Crippen LogP) is 16.6. The van der Waals surface area contributed by atoms with Gasteiger partial charge in [0.2, 0.25) is 17.8 Å². The zero-order valence-corrected chi connectivity index (χ0v) is 68.4. The van der Waals surface area contributed by atoms with Crippen LogP contribution >= 0.6 is 0 Å². The molecule has 9 aromatic heterocycles. The van der Waals surface area contributed by atoms with Crippen LogP contribution in [0.4, 0.5) is 61.6 Å². The van der Waals surface area contributed by atoms with Crippen LogP contribution in [0.5, 0.6) is 0 Å². The molecule has 6 aliphatic rings. The Morgan fingerprint density at radius 3 is 0.795 bits per heavy atom. The van der Waals surface area contributed by atoms with Gasteiger partial charge in [-0.3, -0.25) is 14.7 Å². The van der Waals surface area contributed by atoms with Crippen molar-refractivity contribution in [2.75, 3.05) is 94.5 Å². The second kappa shape index (κ2) is 32.8. The Morgan fingerprint density at radius 2 is 0.581 bits per heavy atom. The standard InChI is InChI=1S/3C29H34F2N8/c3*1-17(2)39-19(4)35-27-22(30)11-21(12-24(27)39)26-23(31)14-34-28(37-26)36-25-6-5-20(13-33-25)18(3)38-9-7-29(8-10-38)15-32-16-29/h3*5-6,11-14,17-18,32H,7-10,15-16H2,1-4H3,(H,33,34,36,37)/t2*18-;/m00./s1. The molecular formula is C87H102F6N24. The van der Waals surface area contributed by atoms with Crippen molar-refractivity contribution in [2.45, 2.75) is 158 Å². The maximum absolute atomic E-state index is 15.0. The van der Waals surface area contributed by atoms with Gasteiger partial charge in [-0.1, -0.05) is 18.2 Å². The van der Waals surface area contributed by atoms with E-state index in [1.807, 2.05) is 113 Å². The van der Waals surface area contributed by atoms with Gasteiger partial charge in [-0.2, -0.15) is 0 Å². The summed E-state index contributed by atoms with van der Waals surface area (Å²) in [6.45, 7) is 37.6. The maximum Gasteiger partial charge on any atom is 0.229 e. The number of halogens is 6. The fraction of sp³-hybridized carbons (Fsp3) is 0.448. The van der Waals surface area contributed by atoms with Crippen molar-refractivity contribution >= 4 is 68.4 Å². The maximum atomic E-state index is 15.0. The number of aryl methyl sites for hydroxylation is 3. The van der Waals surface area contributed by atoms with Crippen molar-refractivity contribution < 1.29 is 26.3 Å². The number of pyridine rings is 3. The summed E-state index contributed by atoms with van der Waals surface area (Å²) in [5.41, 5.74) is 8.58. The molecule has 12 aromatic rings. The molecule has 612 valence electrons. The van der Waals surface area contributed by atoms with Gasteiger partial charge < -0.3 is 45.6 Å². The van der Waals surface area contributed by atoms with Crippen LogP contribution < -0.4 is 31.9 Å². The summed E-state index contributed by atoms with van der Waals surface area (Å²) in [5, 5.41) is 19.5. The minimum atomic E-state index is -0.634. The van der Waals surface area contributed by atoms with Crippen molar-refractivity contribution in [3.05, 3.63) is 179 Å². The smallest absolute Gasteiger partial charge is 0.229 e. The number of nitrogens with zero attached hydrogens (tertiary/aromatic N) is 18. The number of benzene rings is 3. The normalized spacial score (nSPS) is 18.0. The molecule has 0 bridgehead atoms. The average molecular weight is 1600 g/mol. The lowest BCUT2D eigenvalue weighted by Crippen LogP contribution is -2.58. The molecule has 18 rings (SSSR count). The number of nitrogens with one attached hydrogen (secondary N) is 6. The Hall–Kier alpha value is -10.5. The van der Waals surface area contributed by atoms with Crippen LogP contribution in [-0.2, 0) is 0 Å². The van der Waals surface area contributed by atoms with Crippen molar-refractivity contribution in [1.82, 2.24) is 104 Å². The van der Waals surface area contributed by atoms with E-state index in [9.17, 15) is 26.3 Å². The third kappa shape index (κ3) is 16.4. The third-order valence-electron chi connectivity index (χ3n) is 25.1. The minimum absolute atomic E-state index is 0.0113. The zero-order chi connectivity index (χ0) is 81.9. The highest BCUT2D eigenvalue weighted by Crippen LogP contribution is 2.43. The Morgan fingerprint density at radius 1 is 0.325 bits per heavy atom. The fourth-order valence-corrected chi connectivity index (χ4v) is 17.9. The molecule has 24 nitrogen and oxygen atoms in total. The molecule has 0 amide bonds. The van der Waals surface area contributed by atoms with Crippen LogP contribution in [0.15, 0.2) is 110 Å². The molecule has 30 heteroatoms. The van der Waals surface area contributed by atoms with Gasteiger partial charge in [-0.25, -0.2) is 86.2 Å². The largest absolute Gasteiger partial charge is 0.326 e. The molecule has 0 saturated carbocycles. The van der Waals surface area contributed by atoms with Gasteiger partial charge in [0, 0.05) is 111 Å². The van der Waals surface area contributed by atoms with Gasteiger partial charge in [0.1, 0.15) is 68.6 Å². The zero-order valence-electron chi connectivity index (χ0n) is 68.4. The van der Waals surface area contributed by atoms with Gasteiger partial charge in [-0.15, -0.1) is 0 Å². The lowest BCUT2D eigenvalue weighted by molar-refractivity contribution is 0.0379. The first-order valence-corrected chi connectivity index (χ1v) is 40.9. The molecule has 0 aliphatic carbocycles. The topological polar surface area (TPSA) is 251 Å². The quantitative estimate of drug-likeness (QED) is 0.0437. The molecule has 15 heterocycles. The molecule has 3 spiro atoms. The highest BCUT2D eigenvalue weighted by atomic mass is 19.1. The number of hydrogen-bond donors (Lipinski definition) is 6. The molecular weight excluding hydrogens is 1500 g/mol. The summed E-state index contributed by atoms with van der Waals surface area (Å²) >= 11 is 0. The second-order valence-electron chi connectivity index (χ2n) is 33.8. The number of rotatable bonds is 18. The van der Waals surface area contributed by atoms with Crippen LogP contribution in [-0.4, -0.2) is 167 Å². The number of imidazole rings is 3. The van der Waals surface area contributed by atoms with E-state index in [0.717, 1.165) is 114 Å². The number of likely N-dealkylation sites (tertiary alicyclic amines) is 3. The van der Waals surface area contributed by atoms with Gasteiger partial charge in [0.05, 0.1) is 35.1 Å². The Labute approximate surface area is 677 Å². The number of aromatic nitrogens is 15. The van der Waals surface area contributed by atoms with Gasteiger partial charge in [0.25, 0.3) is 0 Å². The minimum Gasteiger partial charge on any atom is -0.326 e. The molecule has 6 fully saturated rings. The summed E-state index contributed by atoms with van der Waals surface area (Å²) in [6, 6.07) is 21.8. The summed E-state index contributed by atoms with van der Waals surface area (Å²) in [6.07, 6.45) is 16.3. The highest BCUT2D eigenvalue weighted by molar-refractivity contribution is 5.85. The molecule has 117 heavy (non-hydrogen) atoms. The van der Waals surface area contributed by atoms with E-state index >= 15 is 0 Å². The fourth-order valence-electron chi connectivity index (χ4n) is 17.9. The Kier molecular flexibility index (Phi) is 22.5. The van der Waals surface area contributed by atoms with Gasteiger partial charge in [-0.05, 0) is 248 Å². The van der Waals surface area contributed by atoms with Gasteiger partial charge in [0.15, 0.2) is 34.9 Å². The van der Waals surface area contributed by atoms with Crippen molar-refractivity contribution in [1.29, 1.82) is 0 Å². The van der Waals surface area contributed by atoms with Crippen LogP contribution in [0.2, 0.25) is 0 Å². The van der Waals surface area contributed by atoms with E-state index in [1.54, 1.807) is 18.2 Å². The molecule has 6 aliphatic heterocycles. The van der Waals surface area contributed by atoms with Gasteiger partial charge >= 0.3 is 0 Å². The SMILES string of the molecule is Cc1nc2c(F)cc(-c3nc(Nc4ccc(C(C)N5CCC6(CC5)CNC6)cn4)ncc3F)cc2n1C(C)C.Cc1nc2c(F)cc(-c3nc(Nc4ccc([C@H](C)N5CCC6(CC5)CNC6)cn4)ncc3F)cc2n1C(C)C.Cc1nc2c(F)cc(-c3nc(Nc4ccc([C@H](C)N5CCC6(CC5)CNC6)cn4)ncc3F)cc2n1C(C)C. The summed E-state index contributed by atoms with van der Waals surface area (Å²) in [7, 11) is 0. The van der Waals surface area contributed by atoms with Crippen LogP contribution in [0.25, 0.3) is 66.9 Å². The first-order chi connectivity index (χ1) is 56.2. The van der Waals surface area contributed by atoms with E-state index < -0.39 is 34.9 Å². The number of hydrogen-bond acceptors (Lipinski definition) is 21. The lowest BCUT2D eigenvalue weighted by Gasteiger charge is -2.49. The molecule has 6 saturated heterocycles. The van der Waals surface area contributed by atoms with Crippen LogP contribution in [0, 0.1) is 71.9 Å². The predicted molar refractivity (Wildman–Crippen MR) is 444 cm³/mol. The van der Waals surface area contributed by atoms with E-state index in [0.29, 0.717) is 84.4 Å². The third-order valence-corrected chi connectivity index (χ3v) is 25.1. The van der Waals surface area contributed by atoms with E-state index in [1.165, 1.54) is 56.7 Å². The van der Waals surface area contributed by atoms with E-state index in [2.05, 4.69) is 145 Å². The monoisotopic (exact) mass is 1600 g/mol. The highest BCUT2D eigenvalue weighted by Gasteiger charge is 2.43. The summed E-state index contributed by atoms with van der Waals surface area (Å²) in [5.74, 6) is 0.856. The lowest BCUT2D eigenvalue weighted by atomic mass is 9.73. The summed E-state index contributed by atoms with van der Waals surface area (Å²) in [4.78, 5) is 59.7.